The molecule has 0 saturated carbocycles. The predicted molar refractivity (Wildman–Crippen MR) is 78.9 cm³/mol. The van der Waals surface area contributed by atoms with Gasteiger partial charge < -0.3 is 15.8 Å². The third-order valence-corrected chi connectivity index (χ3v) is 3.81. The lowest BCUT2D eigenvalue weighted by Gasteiger charge is -2.11. The minimum atomic E-state index is -0.829. The standard InChI is InChI=1S/C13H20N2O3S/c1-3-18-13(16)11-9-10(14)5-6-12(11)15-7-8-19(17)4-2/h5-6,9,15H,3-4,7-8,14H2,1-2H3. The minimum Gasteiger partial charge on any atom is -0.462 e. The zero-order chi connectivity index (χ0) is 14.3. The molecular formula is C13H20N2O3S. The molecule has 1 aromatic rings. The number of nitrogens with two attached hydrogens (primary N) is 1. The molecule has 5 nitrogen and oxygen atoms in total. The number of carbonyl (C=O) groups is 1. The fourth-order valence-electron chi connectivity index (χ4n) is 1.54. The normalized spacial score (nSPS) is 11.9. The summed E-state index contributed by atoms with van der Waals surface area (Å²) in [4.78, 5) is 11.8. The van der Waals surface area contributed by atoms with E-state index in [0.29, 0.717) is 41.6 Å². The number of nitrogen functional groups attached to an aromatic ring is 1. The first kappa shape index (κ1) is 15.5. The van der Waals surface area contributed by atoms with Crippen molar-refractivity contribution in [3.05, 3.63) is 23.8 Å². The van der Waals surface area contributed by atoms with Crippen molar-refractivity contribution in [1.29, 1.82) is 0 Å². The number of ether oxygens (including phenoxy) is 1. The van der Waals surface area contributed by atoms with E-state index in [-0.39, 0.29) is 0 Å². The molecule has 0 radical (unpaired) electrons. The van der Waals surface area contributed by atoms with E-state index in [4.69, 9.17) is 10.5 Å². The van der Waals surface area contributed by atoms with Crippen molar-refractivity contribution in [2.75, 3.05) is 35.7 Å². The summed E-state index contributed by atoms with van der Waals surface area (Å²) in [5.74, 6) is 0.769. The highest BCUT2D eigenvalue weighted by atomic mass is 32.2. The van der Waals surface area contributed by atoms with Gasteiger partial charge in [-0.15, -0.1) is 0 Å². The number of anilines is 2. The van der Waals surface area contributed by atoms with Crippen LogP contribution in [0.25, 0.3) is 0 Å². The maximum Gasteiger partial charge on any atom is 0.340 e. The average molecular weight is 284 g/mol. The van der Waals surface area contributed by atoms with Gasteiger partial charge in [-0.05, 0) is 25.1 Å². The van der Waals surface area contributed by atoms with Crippen LogP contribution in [0.1, 0.15) is 24.2 Å². The molecule has 106 valence electrons. The molecule has 6 heteroatoms. The molecule has 0 saturated heterocycles. The number of nitrogens with one attached hydrogen (secondary N) is 1. The Labute approximate surface area is 116 Å². The highest BCUT2D eigenvalue weighted by Crippen LogP contribution is 2.19. The fraction of sp³-hybridized carbons (Fsp3) is 0.462. The zero-order valence-corrected chi connectivity index (χ0v) is 12.1. The second kappa shape index (κ2) is 7.78. The molecule has 0 aliphatic rings. The lowest BCUT2D eigenvalue weighted by molar-refractivity contribution is 0.0527. The summed E-state index contributed by atoms with van der Waals surface area (Å²) in [6.07, 6.45) is 0. The summed E-state index contributed by atoms with van der Waals surface area (Å²) >= 11 is 0. The minimum absolute atomic E-state index is 0.312. The average Bonchev–Trinajstić information content (AvgIpc) is 2.40. The van der Waals surface area contributed by atoms with E-state index in [1.165, 1.54) is 0 Å². The predicted octanol–water partition coefficient (Wildman–Crippen LogP) is 1.63. The number of carbonyl (C=O) groups excluding carboxylic acids is 1. The van der Waals surface area contributed by atoms with Crippen LogP contribution in [0.15, 0.2) is 18.2 Å². The maximum atomic E-state index is 11.8. The molecule has 0 aliphatic heterocycles. The monoisotopic (exact) mass is 284 g/mol. The van der Waals surface area contributed by atoms with Crippen molar-refractivity contribution in [1.82, 2.24) is 0 Å². The van der Waals surface area contributed by atoms with Crippen molar-refractivity contribution < 1.29 is 13.7 Å². The van der Waals surface area contributed by atoms with Gasteiger partial charge in [-0.25, -0.2) is 4.79 Å². The third kappa shape index (κ3) is 4.90. The topological polar surface area (TPSA) is 81.4 Å². The largest absolute Gasteiger partial charge is 0.462 e. The molecule has 1 rings (SSSR count). The van der Waals surface area contributed by atoms with Crippen molar-refractivity contribution in [3.8, 4) is 0 Å². The van der Waals surface area contributed by atoms with Crippen molar-refractivity contribution in [2.24, 2.45) is 0 Å². The van der Waals surface area contributed by atoms with Crippen LogP contribution in [0, 0.1) is 0 Å². The van der Waals surface area contributed by atoms with E-state index in [0.717, 1.165) is 0 Å². The fourth-order valence-corrected chi connectivity index (χ4v) is 2.16. The van der Waals surface area contributed by atoms with Gasteiger partial charge in [0.2, 0.25) is 0 Å². The number of hydrogen-bond acceptors (Lipinski definition) is 5. The molecule has 0 fully saturated rings. The van der Waals surface area contributed by atoms with Gasteiger partial charge in [0, 0.05) is 40.2 Å². The molecule has 0 bridgehead atoms. The second-order valence-corrected chi connectivity index (χ2v) is 5.75. The van der Waals surface area contributed by atoms with Gasteiger partial charge in [-0.3, -0.25) is 4.21 Å². The van der Waals surface area contributed by atoms with Crippen LogP contribution in [0.3, 0.4) is 0 Å². The summed E-state index contributed by atoms with van der Waals surface area (Å²) in [5, 5.41) is 3.10. The number of rotatable bonds is 7. The molecule has 0 heterocycles. The lowest BCUT2D eigenvalue weighted by Crippen LogP contribution is -2.15. The van der Waals surface area contributed by atoms with E-state index >= 15 is 0 Å². The second-order valence-electron chi connectivity index (χ2n) is 3.88. The first-order valence-corrected chi connectivity index (χ1v) is 7.72. The lowest BCUT2D eigenvalue weighted by atomic mass is 10.1. The van der Waals surface area contributed by atoms with E-state index < -0.39 is 16.8 Å². The van der Waals surface area contributed by atoms with Crippen LogP contribution in [-0.2, 0) is 15.5 Å². The van der Waals surface area contributed by atoms with Crippen molar-refractivity contribution in [2.45, 2.75) is 13.8 Å². The molecule has 3 N–H and O–H groups in total. The summed E-state index contributed by atoms with van der Waals surface area (Å²) < 4.78 is 16.3. The van der Waals surface area contributed by atoms with Gasteiger partial charge in [0.1, 0.15) is 0 Å². The smallest absolute Gasteiger partial charge is 0.340 e. The van der Waals surface area contributed by atoms with Crippen LogP contribution in [0.4, 0.5) is 11.4 Å². The van der Waals surface area contributed by atoms with Crippen molar-refractivity contribution >= 4 is 28.1 Å². The van der Waals surface area contributed by atoms with Crippen LogP contribution in [-0.4, -0.2) is 34.8 Å². The maximum absolute atomic E-state index is 11.8. The van der Waals surface area contributed by atoms with Crippen molar-refractivity contribution in [3.63, 3.8) is 0 Å². The van der Waals surface area contributed by atoms with Crippen LogP contribution >= 0.6 is 0 Å². The molecular weight excluding hydrogens is 264 g/mol. The molecule has 0 spiro atoms. The van der Waals surface area contributed by atoms with E-state index in [2.05, 4.69) is 5.32 Å². The Morgan fingerprint density at radius 2 is 2.16 bits per heavy atom. The Morgan fingerprint density at radius 1 is 1.42 bits per heavy atom. The Kier molecular flexibility index (Phi) is 6.35. The third-order valence-electron chi connectivity index (χ3n) is 2.51. The number of esters is 1. The Bertz CT molecular complexity index is 463. The molecule has 1 unspecified atom stereocenters. The first-order chi connectivity index (χ1) is 9.08. The summed E-state index contributed by atoms with van der Waals surface area (Å²) in [5.41, 5.74) is 7.24. The summed E-state index contributed by atoms with van der Waals surface area (Å²) in [6, 6.07) is 5.02. The SMILES string of the molecule is CCOC(=O)c1cc(N)ccc1NCCS(=O)CC. The van der Waals surface area contributed by atoms with Crippen LogP contribution in [0.2, 0.25) is 0 Å². The molecule has 0 aliphatic carbocycles. The molecule has 0 aromatic heterocycles. The highest BCUT2D eigenvalue weighted by Gasteiger charge is 2.12. The van der Waals surface area contributed by atoms with Crippen LogP contribution in [0.5, 0.6) is 0 Å². The van der Waals surface area contributed by atoms with E-state index in [9.17, 15) is 9.00 Å². The van der Waals surface area contributed by atoms with Gasteiger partial charge >= 0.3 is 5.97 Å². The Hall–Kier alpha value is -1.56. The first-order valence-electron chi connectivity index (χ1n) is 6.24. The Balaban J connectivity index is 2.76. The van der Waals surface area contributed by atoms with Gasteiger partial charge in [0.05, 0.1) is 12.2 Å². The Morgan fingerprint density at radius 3 is 2.79 bits per heavy atom. The molecule has 19 heavy (non-hydrogen) atoms. The van der Waals surface area contributed by atoms with Gasteiger partial charge in [0.15, 0.2) is 0 Å². The van der Waals surface area contributed by atoms with Crippen LogP contribution < -0.4 is 11.1 Å². The summed E-state index contributed by atoms with van der Waals surface area (Å²) in [6.45, 7) is 4.48. The quantitative estimate of drug-likeness (QED) is 0.587. The molecule has 1 atom stereocenters. The van der Waals surface area contributed by atoms with Gasteiger partial charge in [-0.1, -0.05) is 6.92 Å². The van der Waals surface area contributed by atoms with Gasteiger partial charge in [-0.2, -0.15) is 0 Å². The molecule has 1 aromatic carbocycles. The molecule has 0 amide bonds. The zero-order valence-electron chi connectivity index (χ0n) is 11.3. The van der Waals surface area contributed by atoms with E-state index in [1.807, 2.05) is 6.92 Å². The highest BCUT2D eigenvalue weighted by molar-refractivity contribution is 7.84. The summed E-state index contributed by atoms with van der Waals surface area (Å²) in [7, 11) is -0.829. The number of benzene rings is 1. The van der Waals surface area contributed by atoms with E-state index in [1.54, 1.807) is 25.1 Å². The number of hydrogen-bond donors (Lipinski definition) is 2. The van der Waals surface area contributed by atoms with Gasteiger partial charge in [0.25, 0.3) is 0 Å².